The quantitative estimate of drug-likeness (QED) is 0.670. The van der Waals surface area contributed by atoms with E-state index in [0.29, 0.717) is 17.9 Å². The summed E-state index contributed by atoms with van der Waals surface area (Å²) in [5.41, 5.74) is 7.09. The number of rotatable bonds is 5. The smallest absolute Gasteiger partial charge is 0.276 e. The molecule has 2 rings (SSSR count). The normalized spacial score (nSPS) is 10.3. The number of para-hydroxylation sites is 1. The third-order valence-electron chi connectivity index (χ3n) is 2.81. The number of hydrogen-bond donors (Lipinski definition) is 1. The Bertz CT molecular complexity index is 632. The van der Waals surface area contributed by atoms with Gasteiger partial charge in [-0.25, -0.2) is 0 Å². The molecule has 0 aliphatic carbocycles. The molecule has 0 saturated heterocycles. The topological polar surface area (TPSA) is 78.4 Å². The fourth-order valence-electron chi connectivity index (χ4n) is 1.81. The Kier molecular flexibility index (Phi) is 4.70. The van der Waals surface area contributed by atoms with Crippen LogP contribution in [0.25, 0.3) is 0 Å². The van der Waals surface area contributed by atoms with Gasteiger partial charge in [0.15, 0.2) is 0 Å². The van der Waals surface area contributed by atoms with Crippen molar-refractivity contribution in [1.29, 1.82) is 0 Å². The molecule has 0 aliphatic heterocycles. The summed E-state index contributed by atoms with van der Waals surface area (Å²) in [6.07, 6.45) is 0. The van der Waals surface area contributed by atoms with Crippen molar-refractivity contribution in [2.45, 2.75) is 13.2 Å². The minimum absolute atomic E-state index is 0.0545. The summed E-state index contributed by atoms with van der Waals surface area (Å²) in [5, 5.41) is 10.9. The fourth-order valence-corrected chi connectivity index (χ4v) is 2.22. The van der Waals surface area contributed by atoms with Crippen molar-refractivity contribution >= 4 is 21.6 Å². The average molecular weight is 337 g/mol. The van der Waals surface area contributed by atoms with Crippen LogP contribution >= 0.6 is 15.9 Å². The molecule has 0 saturated carbocycles. The van der Waals surface area contributed by atoms with Crippen molar-refractivity contribution in [3.8, 4) is 5.75 Å². The van der Waals surface area contributed by atoms with Crippen molar-refractivity contribution in [1.82, 2.24) is 0 Å². The van der Waals surface area contributed by atoms with Crippen LogP contribution in [-0.4, -0.2) is 4.92 Å². The second kappa shape index (κ2) is 6.49. The molecule has 0 bridgehead atoms. The monoisotopic (exact) mass is 336 g/mol. The predicted octanol–water partition coefficient (Wildman–Crippen LogP) is 3.40. The van der Waals surface area contributed by atoms with Gasteiger partial charge in [0.1, 0.15) is 12.4 Å². The second-order valence-corrected chi connectivity index (χ2v) is 5.05. The first-order valence-electron chi connectivity index (χ1n) is 5.95. The molecule has 0 unspecified atom stereocenters. The fraction of sp³-hybridized carbons (Fsp3) is 0.143. The average Bonchev–Trinajstić information content (AvgIpc) is 2.46. The number of nitrogens with zero attached hydrogens (tertiary/aromatic N) is 1. The van der Waals surface area contributed by atoms with E-state index in [9.17, 15) is 10.1 Å². The van der Waals surface area contributed by atoms with Crippen molar-refractivity contribution in [2.24, 2.45) is 5.73 Å². The van der Waals surface area contributed by atoms with Crippen LogP contribution in [0.5, 0.6) is 5.75 Å². The largest absolute Gasteiger partial charge is 0.488 e. The zero-order valence-corrected chi connectivity index (χ0v) is 12.2. The summed E-state index contributed by atoms with van der Waals surface area (Å²) in [7, 11) is 0. The van der Waals surface area contributed by atoms with E-state index in [-0.39, 0.29) is 12.3 Å². The van der Waals surface area contributed by atoms with E-state index in [0.717, 1.165) is 10.0 Å². The van der Waals surface area contributed by atoms with Crippen molar-refractivity contribution < 1.29 is 9.66 Å². The Morgan fingerprint density at radius 3 is 2.65 bits per heavy atom. The summed E-state index contributed by atoms with van der Waals surface area (Å²) >= 11 is 3.36. The van der Waals surface area contributed by atoms with Crippen LogP contribution < -0.4 is 10.5 Å². The molecular weight excluding hydrogens is 324 g/mol. The van der Waals surface area contributed by atoms with Crippen molar-refractivity contribution in [3.63, 3.8) is 0 Å². The lowest BCUT2D eigenvalue weighted by molar-refractivity contribution is -0.385. The Balaban J connectivity index is 2.19. The lowest BCUT2D eigenvalue weighted by atomic mass is 10.2. The number of halogens is 1. The molecule has 0 spiro atoms. The zero-order chi connectivity index (χ0) is 14.5. The maximum atomic E-state index is 10.9. The first-order valence-corrected chi connectivity index (χ1v) is 6.74. The van der Waals surface area contributed by atoms with E-state index >= 15 is 0 Å². The predicted molar refractivity (Wildman–Crippen MR) is 79.5 cm³/mol. The van der Waals surface area contributed by atoms with Gasteiger partial charge in [-0.3, -0.25) is 10.1 Å². The highest BCUT2D eigenvalue weighted by molar-refractivity contribution is 9.10. The number of nitro groups is 1. The van der Waals surface area contributed by atoms with E-state index in [1.165, 1.54) is 6.07 Å². The van der Waals surface area contributed by atoms with E-state index in [4.69, 9.17) is 10.5 Å². The minimum Gasteiger partial charge on any atom is -0.488 e. The van der Waals surface area contributed by atoms with Gasteiger partial charge in [-0.1, -0.05) is 28.1 Å². The van der Waals surface area contributed by atoms with Crippen molar-refractivity contribution in [3.05, 3.63) is 68.2 Å². The highest BCUT2D eigenvalue weighted by Gasteiger charge is 2.13. The van der Waals surface area contributed by atoms with Gasteiger partial charge in [0, 0.05) is 22.6 Å². The molecule has 2 N–H and O–H groups in total. The standard InChI is InChI=1S/C14H13BrN2O3/c15-12-5-6-14(11(7-12)8-16)20-9-10-3-1-2-4-13(10)17(18)19/h1-7H,8-9,16H2. The molecule has 20 heavy (non-hydrogen) atoms. The molecule has 0 aromatic heterocycles. The van der Waals surface area contributed by atoms with Gasteiger partial charge in [0.2, 0.25) is 0 Å². The minimum atomic E-state index is -0.413. The second-order valence-electron chi connectivity index (χ2n) is 4.13. The molecule has 0 aliphatic rings. The van der Waals surface area contributed by atoms with Gasteiger partial charge in [0.05, 0.1) is 10.5 Å². The maximum Gasteiger partial charge on any atom is 0.276 e. The Labute approximate surface area is 124 Å². The third kappa shape index (κ3) is 3.34. The lowest BCUT2D eigenvalue weighted by Gasteiger charge is -2.11. The van der Waals surface area contributed by atoms with Gasteiger partial charge < -0.3 is 10.5 Å². The summed E-state index contributed by atoms with van der Waals surface area (Å²) in [4.78, 5) is 10.5. The SMILES string of the molecule is NCc1cc(Br)ccc1OCc1ccccc1[N+](=O)[O-]. The van der Waals surface area contributed by atoms with Gasteiger partial charge in [-0.15, -0.1) is 0 Å². The molecule has 0 radical (unpaired) electrons. The Morgan fingerprint density at radius 1 is 1.20 bits per heavy atom. The van der Waals surface area contributed by atoms with E-state index in [1.54, 1.807) is 24.3 Å². The summed E-state index contributed by atoms with van der Waals surface area (Å²) in [6.45, 7) is 0.470. The van der Waals surface area contributed by atoms with Crippen molar-refractivity contribution in [2.75, 3.05) is 0 Å². The summed E-state index contributed by atoms with van der Waals surface area (Å²) < 4.78 is 6.57. The molecule has 2 aromatic rings. The molecule has 2 aromatic carbocycles. The zero-order valence-electron chi connectivity index (χ0n) is 10.6. The summed E-state index contributed by atoms with van der Waals surface area (Å²) in [5.74, 6) is 0.633. The van der Waals surface area contributed by atoms with E-state index in [1.807, 2.05) is 12.1 Å². The maximum absolute atomic E-state index is 10.9. The molecule has 0 fully saturated rings. The van der Waals surface area contributed by atoms with Crippen LogP contribution in [0.2, 0.25) is 0 Å². The summed E-state index contributed by atoms with van der Waals surface area (Å²) in [6, 6.07) is 12.0. The molecule has 0 amide bonds. The highest BCUT2D eigenvalue weighted by Crippen LogP contribution is 2.25. The van der Waals surface area contributed by atoms with Crippen LogP contribution in [0.4, 0.5) is 5.69 Å². The van der Waals surface area contributed by atoms with E-state index < -0.39 is 4.92 Å². The molecule has 0 atom stereocenters. The van der Waals surface area contributed by atoms with Crippen LogP contribution in [0.1, 0.15) is 11.1 Å². The number of ether oxygens (including phenoxy) is 1. The molecular formula is C14H13BrN2O3. The van der Waals surface area contributed by atoms with Gasteiger partial charge in [0.25, 0.3) is 5.69 Å². The molecule has 104 valence electrons. The van der Waals surface area contributed by atoms with Crippen LogP contribution in [0.15, 0.2) is 46.9 Å². The van der Waals surface area contributed by atoms with Gasteiger partial charge in [-0.05, 0) is 24.3 Å². The number of nitro benzene ring substituents is 1. The lowest BCUT2D eigenvalue weighted by Crippen LogP contribution is -2.04. The molecule has 0 heterocycles. The number of nitrogens with two attached hydrogens (primary N) is 1. The van der Waals surface area contributed by atoms with E-state index in [2.05, 4.69) is 15.9 Å². The van der Waals surface area contributed by atoms with Gasteiger partial charge in [-0.2, -0.15) is 0 Å². The van der Waals surface area contributed by atoms with Crippen LogP contribution in [0.3, 0.4) is 0 Å². The number of benzene rings is 2. The van der Waals surface area contributed by atoms with Gasteiger partial charge >= 0.3 is 0 Å². The first kappa shape index (κ1) is 14.5. The Hall–Kier alpha value is -1.92. The third-order valence-corrected chi connectivity index (χ3v) is 3.31. The number of hydrogen-bond acceptors (Lipinski definition) is 4. The first-order chi connectivity index (χ1) is 9.61. The van der Waals surface area contributed by atoms with Crippen LogP contribution in [-0.2, 0) is 13.2 Å². The Morgan fingerprint density at radius 2 is 1.95 bits per heavy atom. The molecule has 6 heteroatoms. The highest BCUT2D eigenvalue weighted by atomic mass is 79.9. The molecule has 5 nitrogen and oxygen atoms in total. The van der Waals surface area contributed by atoms with Crippen LogP contribution in [0, 0.1) is 10.1 Å².